The van der Waals surface area contributed by atoms with Crippen LogP contribution < -0.4 is 16.0 Å². The van der Waals surface area contributed by atoms with E-state index in [-0.39, 0.29) is 11.8 Å². The van der Waals surface area contributed by atoms with Crippen molar-refractivity contribution in [2.45, 2.75) is 45.7 Å². The first kappa shape index (κ1) is 21.2. The molecular formula is C22H27N3O3. The van der Waals surface area contributed by atoms with Gasteiger partial charge in [-0.05, 0) is 51.5 Å². The number of anilines is 1. The fraction of sp³-hybridized carbons (Fsp3) is 0.318. The van der Waals surface area contributed by atoms with Gasteiger partial charge in [-0.2, -0.15) is 0 Å². The van der Waals surface area contributed by atoms with Gasteiger partial charge in [0.15, 0.2) is 0 Å². The highest BCUT2D eigenvalue weighted by Crippen LogP contribution is 2.17. The average molecular weight is 381 g/mol. The summed E-state index contributed by atoms with van der Waals surface area (Å²) in [6.07, 6.45) is 0.451. The largest absolute Gasteiger partial charge is 0.350 e. The third kappa shape index (κ3) is 5.94. The normalized spacial score (nSPS) is 12.0. The van der Waals surface area contributed by atoms with E-state index in [0.717, 1.165) is 0 Å². The molecule has 2 rings (SSSR count). The zero-order chi connectivity index (χ0) is 20.7. The van der Waals surface area contributed by atoms with Gasteiger partial charge in [-0.1, -0.05) is 37.3 Å². The van der Waals surface area contributed by atoms with Gasteiger partial charge in [0.1, 0.15) is 6.04 Å². The highest BCUT2D eigenvalue weighted by molar-refractivity contribution is 6.09. The van der Waals surface area contributed by atoms with Gasteiger partial charge in [0.05, 0.1) is 11.3 Å². The number of benzene rings is 2. The smallest absolute Gasteiger partial charge is 0.255 e. The maximum atomic E-state index is 12.8. The van der Waals surface area contributed by atoms with Crippen LogP contribution in [0.15, 0.2) is 54.6 Å². The Morgan fingerprint density at radius 1 is 0.893 bits per heavy atom. The molecule has 0 heterocycles. The number of rotatable bonds is 6. The van der Waals surface area contributed by atoms with Crippen LogP contribution in [-0.4, -0.2) is 29.3 Å². The molecule has 0 radical (unpaired) electrons. The molecule has 0 aromatic heterocycles. The fourth-order valence-corrected chi connectivity index (χ4v) is 2.62. The molecule has 0 unspecified atom stereocenters. The number of hydrogen-bond acceptors (Lipinski definition) is 3. The zero-order valence-electron chi connectivity index (χ0n) is 16.7. The van der Waals surface area contributed by atoms with E-state index in [1.165, 1.54) is 0 Å². The van der Waals surface area contributed by atoms with Crippen molar-refractivity contribution in [1.82, 2.24) is 10.6 Å². The molecule has 148 valence electrons. The van der Waals surface area contributed by atoms with Crippen LogP contribution in [0, 0.1) is 0 Å². The molecular weight excluding hydrogens is 354 g/mol. The Morgan fingerprint density at radius 2 is 1.50 bits per heavy atom. The SMILES string of the molecule is CC[C@H](NC(=O)c1ccccc1NC(=O)c1ccccc1)C(=O)NC(C)(C)C. The molecule has 6 nitrogen and oxygen atoms in total. The van der Waals surface area contributed by atoms with Gasteiger partial charge in [-0.3, -0.25) is 14.4 Å². The minimum atomic E-state index is -0.662. The second kappa shape index (κ2) is 9.17. The van der Waals surface area contributed by atoms with Crippen molar-refractivity contribution < 1.29 is 14.4 Å². The van der Waals surface area contributed by atoms with Gasteiger partial charge in [-0.25, -0.2) is 0 Å². The number of para-hydroxylation sites is 1. The minimum Gasteiger partial charge on any atom is -0.350 e. The summed E-state index contributed by atoms with van der Waals surface area (Å²) >= 11 is 0. The van der Waals surface area contributed by atoms with Crippen molar-refractivity contribution in [2.75, 3.05) is 5.32 Å². The summed E-state index contributed by atoms with van der Waals surface area (Å²) in [5.41, 5.74) is 0.791. The van der Waals surface area contributed by atoms with Crippen LogP contribution in [-0.2, 0) is 4.79 Å². The number of carbonyl (C=O) groups is 3. The molecule has 6 heteroatoms. The van der Waals surface area contributed by atoms with Crippen molar-refractivity contribution in [3.8, 4) is 0 Å². The predicted molar refractivity (Wildman–Crippen MR) is 110 cm³/mol. The molecule has 0 bridgehead atoms. The quantitative estimate of drug-likeness (QED) is 0.717. The Bertz CT molecular complexity index is 842. The van der Waals surface area contributed by atoms with Gasteiger partial charge in [0.2, 0.25) is 5.91 Å². The fourth-order valence-electron chi connectivity index (χ4n) is 2.62. The number of amides is 3. The van der Waals surface area contributed by atoms with E-state index >= 15 is 0 Å². The summed E-state index contributed by atoms with van der Waals surface area (Å²) in [6.45, 7) is 7.48. The number of nitrogens with one attached hydrogen (secondary N) is 3. The Labute approximate surface area is 165 Å². The lowest BCUT2D eigenvalue weighted by Gasteiger charge is -2.25. The third-order valence-corrected chi connectivity index (χ3v) is 3.98. The monoisotopic (exact) mass is 381 g/mol. The van der Waals surface area contributed by atoms with Crippen LogP contribution in [0.3, 0.4) is 0 Å². The molecule has 0 aliphatic rings. The molecule has 0 fully saturated rings. The van der Waals surface area contributed by atoms with Crippen molar-refractivity contribution >= 4 is 23.4 Å². The van der Waals surface area contributed by atoms with Crippen LogP contribution in [0.25, 0.3) is 0 Å². The Balaban J connectivity index is 2.15. The lowest BCUT2D eigenvalue weighted by Crippen LogP contribution is -2.51. The van der Waals surface area contributed by atoms with Crippen molar-refractivity contribution in [1.29, 1.82) is 0 Å². The molecule has 3 N–H and O–H groups in total. The second-order valence-electron chi connectivity index (χ2n) is 7.54. The molecule has 2 aromatic carbocycles. The number of carbonyl (C=O) groups excluding carboxylic acids is 3. The zero-order valence-corrected chi connectivity index (χ0v) is 16.7. The van der Waals surface area contributed by atoms with Gasteiger partial charge < -0.3 is 16.0 Å². The maximum Gasteiger partial charge on any atom is 0.255 e. The molecule has 2 aromatic rings. The van der Waals surface area contributed by atoms with E-state index in [1.54, 1.807) is 48.5 Å². The highest BCUT2D eigenvalue weighted by atomic mass is 16.2. The van der Waals surface area contributed by atoms with Crippen molar-refractivity contribution in [2.24, 2.45) is 0 Å². The lowest BCUT2D eigenvalue weighted by molar-refractivity contribution is -0.124. The molecule has 0 spiro atoms. The van der Waals surface area contributed by atoms with Crippen LogP contribution in [0.5, 0.6) is 0 Å². The third-order valence-electron chi connectivity index (χ3n) is 3.98. The molecule has 0 aliphatic carbocycles. The molecule has 1 atom stereocenters. The van der Waals surface area contributed by atoms with Crippen molar-refractivity contribution in [3.05, 3.63) is 65.7 Å². The number of hydrogen-bond donors (Lipinski definition) is 3. The van der Waals surface area contributed by atoms with Gasteiger partial charge >= 0.3 is 0 Å². The summed E-state index contributed by atoms with van der Waals surface area (Å²) in [5.74, 6) is -0.965. The van der Waals surface area contributed by atoms with E-state index < -0.39 is 17.5 Å². The van der Waals surface area contributed by atoms with Gasteiger partial charge in [0.25, 0.3) is 11.8 Å². The van der Waals surface area contributed by atoms with E-state index in [1.807, 2.05) is 33.8 Å². The average Bonchev–Trinajstić information content (AvgIpc) is 2.65. The lowest BCUT2D eigenvalue weighted by atomic mass is 10.1. The van der Waals surface area contributed by atoms with Crippen LogP contribution in [0.4, 0.5) is 5.69 Å². The Morgan fingerprint density at radius 3 is 2.11 bits per heavy atom. The topological polar surface area (TPSA) is 87.3 Å². The Kier molecular flexibility index (Phi) is 6.93. The summed E-state index contributed by atoms with van der Waals surface area (Å²) in [7, 11) is 0. The van der Waals surface area contributed by atoms with Gasteiger partial charge in [0, 0.05) is 11.1 Å². The Hall–Kier alpha value is -3.15. The van der Waals surface area contributed by atoms with E-state index in [2.05, 4.69) is 16.0 Å². The van der Waals surface area contributed by atoms with Gasteiger partial charge in [-0.15, -0.1) is 0 Å². The van der Waals surface area contributed by atoms with E-state index in [4.69, 9.17) is 0 Å². The molecule has 0 aliphatic heterocycles. The standard InChI is InChI=1S/C22H27N3O3/c1-5-17(21(28)25-22(2,3)4)23-20(27)16-13-9-10-14-18(16)24-19(26)15-11-7-6-8-12-15/h6-14,17H,5H2,1-4H3,(H,23,27)(H,24,26)(H,25,28)/t17-/m0/s1. The maximum absolute atomic E-state index is 12.8. The van der Waals surface area contributed by atoms with Crippen LogP contribution in [0.1, 0.15) is 54.8 Å². The van der Waals surface area contributed by atoms with Crippen molar-refractivity contribution in [3.63, 3.8) is 0 Å². The molecule has 3 amide bonds. The van der Waals surface area contributed by atoms with Crippen LogP contribution >= 0.6 is 0 Å². The van der Waals surface area contributed by atoms with E-state index in [0.29, 0.717) is 23.2 Å². The van der Waals surface area contributed by atoms with E-state index in [9.17, 15) is 14.4 Å². The second-order valence-corrected chi connectivity index (χ2v) is 7.54. The van der Waals surface area contributed by atoms with Crippen LogP contribution in [0.2, 0.25) is 0 Å². The molecule has 28 heavy (non-hydrogen) atoms. The summed E-state index contributed by atoms with van der Waals surface area (Å²) in [5, 5.41) is 8.39. The first-order valence-corrected chi connectivity index (χ1v) is 9.29. The minimum absolute atomic E-state index is 0.242. The summed E-state index contributed by atoms with van der Waals surface area (Å²) < 4.78 is 0. The summed E-state index contributed by atoms with van der Waals surface area (Å²) in [4.78, 5) is 37.6. The molecule has 0 saturated carbocycles. The first-order chi connectivity index (χ1) is 13.2. The first-order valence-electron chi connectivity index (χ1n) is 9.29. The predicted octanol–water partition coefficient (Wildman–Crippen LogP) is 3.36. The highest BCUT2D eigenvalue weighted by Gasteiger charge is 2.24. The summed E-state index contributed by atoms with van der Waals surface area (Å²) in [6, 6.07) is 14.8. The molecule has 0 saturated heterocycles.